The zero-order chi connectivity index (χ0) is 11.1. The molecule has 0 amide bonds. The summed E-state index contributed by atoms with van der Waals surface area (Å²) in [5.74, 6) is 0.691. The largest absolute Gasteiger partial charge is 0.379 e. The van der Waals surface area contributed by atoms with E-state index < -0.39 is 0 Å². The molecule has 1 aromatic carbocycles. The summed E-state index contributed by atoms with van der Waals surface area (Å²) in [5, 5.41) is 3.68. The second-order valence-electron chi connectivity index (χ2n) is 4.80. The summed E-state index contributed by atoms with van der Waals surface area (Å²) in [7, 11) is 0. The van der Waals surface area contributed by atoms with Crippen molar-refractivity contribution >= 4 is 21.6 Å². The third-order valence-corrected chi connectivity index (χ3v) is 4.33. The molecule has 0 aliphatic carbocycles. The summed E-state index contributed by atoms with van der Waals surface area (Å²) in [6.07, 6.45) is 2.35. The average molecular weight is 268 g/mol. The number of fused-ring (bicyclic) bond motifs is 1. The van der Waals surface area contributed by atoms with Gasteiger partial charge in [-0.1, -0.05) is 35.8 Å². The van der Waals surface area contributed by atoms with Gasteiger partial charge in [0, 0.05) is 15.7 Å². The summed E-state index contributed by atoms with van der Waals surface area (Å²) in [4.78, 5) is 0. The Hall–Kier alpha value is -0.500. The number of halogens is 1. The highest BCUT2D eigenvalue weighted by Gasteiger charge is 2.33. The smallest absolute Gasteiger partial charge is 0.0388 e. The highest BCUT2D eigenvalue weighted by Crippen LogP contribution is 2.37. The van der Waals surface area contributed by atoms with Crippen LogP contribution in [0, 0.1) is 5.92 Å². The molecule has 1 nitrogen and oxygen atoms in total. The number of anilines is 1. The SMILES string of the molecule is CCC1(C)Nc2cc(Br)ccc2CC1C. The Morgan fingerprint density at radius 1 is 1.53 bits per heavy atom. The van der Waals surface area contributed by atoms with E-state index in [9.17, 15) is 0 Å². The number of hydrogen-bond donors (Lipinski definition) is 1. The molecule has 2 atom stereocenters. The minimum atomic E-state index is 0.244. The fraction of sp³-hybridized carbons (Fsp3) is 0.538. The summed E-state index contributed by atoms with van der Waals surface area (Å²) in [6, 6.07) is 6.54. The van der Waals surface area contributed by atoms with Gasteiger partial charge in [0.25, 0.3) is 0 Å². The van der Waals surface area contributed by atoms with Crippen LogP contribution < -0.4 is 5.32 Å². The number of hydrogen-bond acceptors (Lipinski definition) is 1. The van der Waals surface area contributed by atoms with E-state index in [0.29, 0.717) is 5.92 Å². The van der Waals surface area contributed by atoms with E-state index in [1.54, 1.807) is 0 Å². The third kappa shape index (κ3) is 1.92. The maximum atomic E-state index is 3.68. The molecule has 2 rings (SSSR count). The summed E-state index contributed by atoms with van der Waals surface area (Å²) < 4.78 is 1.15. The molecular weight excluding hydrogens is 250 g/mol. The number of nitrogens with one attached hydrogen (secondary N) is 1. The quantitative estimate of drug-likeness (QED) is 0.804. The minimum absolute atomic E-state index is 0.244. The molecule has 0 spiro atoms. The fourth-order valence-electron chi connectivity index (χ4n) is 2.27. The Kier molecular flexibility index (Phi) is 2.80. The van der Waals surface area contributed by atoms with Crippen LogP contribution >= 0.6 is 15.9 Å². The van der Waals surface area contributed by atoms with Gasteiger partial charge < -0.3 is 5.32 Å². The highest BCUT2D eigenvalue weighted by atomic mass is 79.9. The van der Waals surface area contributed by atoms with E-state index >= 15 is 0 Å². The molecule has 2 unspecified atom stereocenters. The highest BCUT2D eigenvalue weighted by molar-refractivity contribution is 9.10. The van der Waals surface area contributed by atoms with Gasteiger partial charge >= 0.3 is 0 Å². The van der Waals surface area contributed by atoms with Gasteiger partial charge in [-0.3, -0.25) is 0 Å². The van der Waals surface area contributed by atoms with E-state index in [2.05, 4.69) is 60.2 Å². The van der Waals surface area contributed by atoms with Gasteiger partial charge in [0.15, 0.2) is 0 Å². The van der Waals surface area contributed by atoms with Gasteiger partial charge in [0.05, 0.1) is 0 Å². The fourth-order valence-corrected chi connectivity index (χ4v) is 2.63. The maximum absolute atomic E-state index is 3.68. The minimum Gasteiger partial charge on any atom is -0.379 e. The van der Waals surface area contributed by atoms with Crippen molar-refractivity contribution in [3.05, 3.63) is 28.2 Å². The molecule has 1 aliphatic rings. The van der Waals surface area contributed by atoms with E-state index in [4.69, 9.17) is 0 Å². The first-order valence-corrected chi connectivity index (χ1v) is 6.41. The van der Waals surface area contributed by atoms with Gasteiger partial charge in [0.2, 0.25) is 0 Å². The number of benzene rings is 1. The lowest BCUT2D eigenvalue weighted by atomic mass is 9.77. The second-order valence-corrected chi connectivity index (χ2v) is 5.72. The predicted molar refractivity (Wildman–Crippen MR) is 69.3 cm³/mol. The lowest BCUT2D eigenvalue weighted by molar-refractivity contribution is 0.323. The van der Waals surface area contributed by atoms with Crippen LogP contribution in [0.2, 0.25) is 0 Å². The lowest BCUT2D eigenvalue weighted by Gasteiger charge is -2.42. The normalized spacial score (nSPS) is 29.5. The van der Waals surface area contributed by atoms with Crippen molar-refractivity contribution in [1.82, 2.24) is 0 Å². The van der Waals surface area contributed by atoms with Crippen LogP contribution in [0.5, 0.6) is 0 Å². The van der Waals surface area contributed by atoms with Gasteiger partial charge in [-0.15, -0.1) is 0 Å². The van der Waals surface area contributed by atoms with Crippen LogP contribution in [-0.4, -0.2) is 5.54 Å². The molecule has 2 heteroatoms. The topological polar surface area (TPSA) is 12.0 Å². The van der Waals surface area contributed by atoms with Crippen LogP contribution in [0.15, 0.2) is 22.7 Å². The van der Waals surface area contributed by atoms with Crippen LogP contribution in [-0.2, 0) is 6.42 Å². The zero-order valence-corrected chi connectivity index (χ0v) is 11.2. The molecule has 0 saturated carbocycles. The van der Waals surface area contributed by atoms with Crippen LogP contribution in [0.3, 0.4) is 0 Å². The first-order chi connectivity index (χ1) is 7.05. The third-order valence-electron chi connectivity index (χ3n) is 3.84. The van der Waals surface area contributed by atoms with E-state index in [1.807, 2.05) is 0 Å². The molecule has 0 radical (unpaired) electrons. The summed E-state index contributed by atoms with van der Waals surface area (Å²) >= 11 is 3.52. The molecule has 0 aromatic heterocycles. The molecule has 1 aliphatic heterocycles. The zero-order valence-electron chi connectivity index (χ0n) is 9.60. The second kappa shape index (κ2) is 3.82. The van der Waals surface area contributed by atoms with Gasteiger partial charge in [-0.05, 0) is 43.4 Å². The molecule has 1 N–H and O–H groups in total. The lowest BCUT2D eigenvalue weighted by Crippen LogP contribution is -2.45. The van der Waals surface area contributed by atoms with Gasteiger partial charge in [0.1, 0.15) is 0 Å². The molecule has 0 fully saturated rings. The Balaban J connectivity index is 2.39. The Morgan fingerprint density at radius 3 is 2.93 bits per heavy atom. The molecule has 0 bridgehead atoms. The van der Waals surface area contributed by atoms with E-state index in [0.717, 1.165) is 4.47 Å². The average Bonchev–Trinajstić information content (AvgIpc) is 2.20. The monoisotopic (exact) mass is 267 g/mol. The molecule has 1 heterocycles. The van der Waals surface area contributed by atoms with Crippen LogP contribution in [0.4, 0.5) is 5.69 Å². The van der Waals surface area contributed by atoms with Crippen molar-refractivity contribution in [2.75, 3.05) is 5.32 Å². The molecule has 15 heavy (non-hydrogen) atoms. The van der Waals surface area contributed by atoms with Crippen molar-refractivity contribution < 1.29 is 0 Å². The molecule has 0 saturated heterocycles. The number of rotatable bonds is 1. The van der Waals surface area contributed by atoms with E-state index in [1.165, 1.54) is 24.1 Å². The molecule has 82 valence electrons. The van der Waals surface area contributed by atoms with Gasteiger partial charge in [-0.25, -0.2) is 0 Å². The standard InChI is InChI=1S/C13H18BrN/c1-4-13(3)9(2)7-10-5-6-11(14)8-12(10)15-13/h5-6,8-9,15H,4,7H2,1-3H3. The Labute approximate surface area is 100 Å². The van der Waals surface area contributed by atoms with E-state index in [-0.39, 0.29) is 5.54 Å². The summed E-state index contributed by atoms with van der Waals surface area (Å²) in [5.41, 5.74) is 2.98. The van der Waals surface area contributed by atoms with Crippen molar-refractivity contribution in [3.63, 3.8) is 0 Å². The maximum Gasteiger partial charge on any atom is 0.0388 e. The Morgan fingerprint density at radius 2 is 2.27 bits per heavy atom. The van der Waals surface area contributed by atoms with Crippen molar-refractivity contribution in [1.29, 1.82) is 0 Å². The summed E-state index contributed by atoms with van der Waals surface area (Å²) in [6.45, 7) is 6.91. The predicted octanol–water partition coefficient (Wildman–Crippen LogP) is 4.22. The molecular formula is C13H18BrN. The Bertz CT molecular complexity index is 375. The molecule has 1 aromatic rings. The van der Waals surface area contributed by atoms with Crippen LogP contribution in [0.1, 0.15) is 32.8 Å². The van der Waals surface area contributed by atoms with Crippen molar-refractivity contribution in [3.8, 4) is 0 Å². The van der Waals surface area contributed by atoms with Crippen LogP contribution in [0.25, 0.3) is 0 Å². The van der Waals surface area contributed by atoms with Crippen molar-refractivity contribution in [2.24, 2.45) is 5.92 Å². The van der Waals surface area contributed by atoms with Crippen molar-refractivity contribution in [2.45, 2.75) is 39.2 Å². The van der Waals surface area contributed by atoms with Gasteiger partial charge in [-0.2, -0.15) is 0 Å². The first-order valence-electron chi connectivity index (χ1n) is 5.62. The first kappa shape index (κ1) is 11.0.